The summed E-state index contributed by atoms with van der Waals surface area (Å²) in [5.74, 6) is 0.639. The number of hydrogen-bond acceptors (Lipinski definition) is 3. The molecular formula is C10H8BrN3O. The van der Waals surface area contributed by atoms with E-state index in [4.69, 9.17) is 4.74 Å². The van der Waals surface area contributed by atoms with Crippen molar-refractivity contribution in [2.45, 2.75) is 6.42 Å². The molecule has 0 amide bonds. The highest BCUT2D eigenvalue weighted by atomic mass is 79.9. The fraction of sp³-hybridized carbons (Fsp3) is 0.200. The molecule has 0 fully saturated rings. The van der Waals surface area contributed by atoms with Gasteiger partial charge in [-0.25, -0.2) is 9.67 Å². The van der Waals surface area contributed by atoms with Crippen molar-refractivity contribution in [2.24, 2.45) is 0 Å². The second kappa shape index (κ2) is 3.34. The molecule has 0 saturated carbocycles. The standard InChI is InChI=1S/C10H8BrN3O/c11-7-5-9-10(12-6-7)15-4-2-8-1-3-13-14(8)9/h1,3,5-6H,2,4H2. The van der Waals surface area contributed by atoms with Crippen molar-refractivity contribution >= 4 is 15.9 Å². The van der Waals surface area contributed by atoms with E-state index in [0.717, 1.165) is 22.3 Å². The van der Waals surface area contributed by atoms with Crippen LogP contribution < -0.4 is 4.74 Å². The zero-order valence-corrected chi connectivity index (χ0v) is 9.44. The maximum absolute atomic E-state index is 5.55. The van der Waals surface area contributed by atoms with Crippen LogP contribution in [0.3, 0.4) is 0 Å². The molecule has 15 heavy (non-hydrogen) atoms. The fourth-order valence-corrected chi connectivity index (χ4v) is 1.99. The largest absolute Gasteiger partial charge is 0.476 e. The Kier molecular flexibility index (Phi) is 1.98. The monoisotopic (exact) mass is 265 g/mol. The Labute approximate surface area is 95.0 Å². The average molecular weight is 266 g/mol. The normalized spacial score (nSPS) is 13.7. The molecule has 0 saturated heterocycles. The van der Waals surface area contributed by atoms with Crippen molar-refractivity contribution in [1.29, 1.82) is 0 Å². The van der Waals surface area contributed by atoms with Crippen molar-refractivity contribution in [3.63, 3.8) is 0 Å². The van der Waals surface area contributed by atoms with Crippen LogP contribution in [0.15, 0.2) is 29.0 Å². The highest BCUT2D eigenvalue weighted by Gasteiger charge is 2.16. The molecule has 3 heterocycles. The topological polar surface area (TPSA) is 39.9 Å². The van der Waals surface area contributed by atoms with E-state index in [1.54, 1.807) is 12.4 Å². The first kappa shape index (κ1) is 8.91. The van der Waals surface area contributed by atoms with Crippen molar-refractivity contribution < 1.29 is 4.74 Å². The molecule has 3 rings (SSSR count). The fourth-order valence-electron chi connectivity index (χ4n) is 1.67. The summed E-state index contributed by atoms with van der Waals surface area (Å²) in [6, 6.07) is 3.96. The second-order valence-electron chi connectivity index (χ2n) is 3.31. The number of fused-ring (bicyclic) bond motifs is 3. The molecule has 4 nitrogen and oxygen atoms in total. The molecule has 1 aliphatic rings. The number of aromatic nitrogens is 3. The first-order chi connectivity index (χ1) is 7.34. The van der Waals surface area contributed by atoms with Crippen LogP contribution in [0.2, 0.25) is 0 Å². The molecule has 2 aromatic rings. The van der Waals surface area contributed by atoms with Gasteiger partial charge in [0.1, 0.15) is 5.69 Å². The highest BCUT2D eigenvalue weighted by Crippen LogP contribution is 2.26. The van der Waals surface area contributed by atoms with Crippen molar-refractivity contribution in [2.75, 3.05) is 6.61 Å². The Morgan fingerprint density at radius 2 is 2.40 bits per heavy atom. The van der Waals surface area contributed by atoms with Gasteiger partial charge in [0.2, 0.25) is 5.88 Å². The van der Waals surface area contributed by atoms with Crippen LogP contribution in [-0.2, 0) is 6.42 Å². The van der Waals surface area contributed by atoms with Crippen molar-refractivity contribution in [3.8, 4) is 11.6 Å². The summed E-state index contributed by atoms with van der Waals surface area (Å²) in [4.78, 5) is 4.23. The van der Waals surface area contributed by atoms with E-state index < -0.39 is 0 Å². The van der Waals surface area contributed by atoms with E-state index in [1.165, 1.54) is 0 Å². The molecule has 0 aromatic carbocycles. The number of rotatable bonds is 0. The van der Waals surface area contributed by atoms with Gasteiger partial charge in [-0.2, -0.15) is 5.10 Å². The van der Waals surface area contributed by atoms with Crippen LogP contribution in [0.4, 0.5) is 0 Å². The SMILES string of the molecule is Brc1cnc2c(c1)-n1nccc1CCO2. The molecule has 0 N–H and O–H groups in total. The maximum Gasteiger partial charge on any atom is 0.240 e. The quantitative estimate of drug-likeness (QED) is 0.731. The molecule has 0 bridgehead atoms. The van der Waals surface area contributed by atoms with Crippen molar-refractivity contribution in [1.82, 2.24) is 14.8 Å². The molecule has 5 heteroatoms. The van der Waals surface area contributed by atoms with Crippen LogP contribution in [0.5, 0.6) is 5.88 Å². The van der Waals surface area contributed by atoms with E-state index in [0.29, 0.717) is 12.5 Å². The molecule has 0 atom stereocenters. The van der Waals surface area contributed by atoms with Gasteiger partial charge < -0.3 is 4.74 Å². The van der Waals surface area contributed by atoms with Crippen LogP contribution in [0.1, 0.15) is 5.69 Å². The summed E-state index contributed by atoms with van der Waals surface area (Å²) in [6.07, 6.45) is 4.38. The predicted octanol–water partition coefficient (Wildman–Crippen LogP) is 1.96. The minimum Gasteiger partial charge on any atom is -0.476 e. The van der Waals surface area contributed by atoms with Gasteiger partial charge >= 0.3 is 0 Å². The molecule has 76 valence electrons. The molecule has 0 radical (unpaired) electrons. The summed E-state index contributed by atoms with van der Waals surface area (Å²) in [5, 5.41) is 4.28. The van der Waals surface area contributed by atoms with Gasteiger partial charge in [-0.05, 0) is 28.1 Å². The lowest BCUT2D eigenvalue weighted by Gasteiger charge is -2.06. The predicted molar refractivity (Wildman–Crippen MR) is 58.3 cm³/mol. The Morgan fingerprint density at radius 1 is 1.47 bits per heavy atom. The minimum absolute atomic E-state index is 0.639. The minimum atomic E-state index is 0.639. The Balaban J connectivity index is 2.27. The lowest BCUT2D eigenvalue weighted by Crippen LogP contribution is -2.00. The number of halogens is 1. The zero-order chi connectivity index (χ0) is 10.3. The Hall–Kier alpha value is -1.36. The summed E-state index contributed by atoms with van der Waals surface area (Å²) in [7, 11) is 0. The molecule has 0 aliphatic carbocycles. The van der Waals surface area contributed by atoms with Gasteiger partial charge in [0.05, 0.1) is 6.61 Å². The molecule has 0 unspecified atom stereocenters. The maximum atomic E-state index is 5.55. The van der Waals surface area contributed by atoms with Gasteiger partial charge in [0, 0.05) is 29.0 Å². The van der Waals surface area contributed by atoms with Crippen LogP contribution in [-0.4, -0.2) is 21.4 Å². The van der Waals surface area contributed by atoms with E-state index >= 15 is 0 Å². The molecule has 0 spiro atoms. The molecular weight excluding hydrogens is 258 g/mol. The Bertz CT molecular complexity index is 509. The van der Waals surface area contributed by atoms with Gasteiger partial charge in [0.25, 0.3) is 0 Å². The van der Waals surface area contributed by atoms with Crippen molar-refractivity contribution in [3.05, 3.63) is 34.7 Å². The first-order valence-corrected chi connectivity index (χ1v) is 5.45. The van der Waals surface area contributed by atoms with E-state index in [9.17, 15) is 0 Å². The summed E-state index contributed by atoms with van der Waals surface area (Å²) in [5.41, 5.74) is 2.04. The molecule has 2 aromatic heterocycles. The number of nitrogens with zero attached hydrogens (tertiary/aromatic N) is 3. The third-order valence-electron chi connectivity index (χ3n) is 2.35. The van der Waals surface area contributed by atoms with Gasteiger partial charge in [-0.1, -0.05) is 0 Å². The van der Waals surface area contributed by atoms with Crippen LogP contribution in [0.25, 0.3) is 5.69 Å². The van der Waals surface area contributed by atoms with Crippen LogP contribution in [0, 0.1) is 0 Å². The summed E-state index contributed by atoms with van der Waals surface area (Å²) < 4.78 is 8.35. The Morgan fingerprint density at radius 3 is 3.33 bits per heavy atom. The third-order valence-corrected chi connectivity index (χ3v) is 2.78. The average Bonchev–Trinajstić information content (AvgIpc) is 2.62. The third kappa shape index (κ3) is 1.43. The smallest absolute Gasteiger partial charge is 0.240 e. The summed E-state index contributed by atoms with van der Waals surface area (Å²) >= 11 is 3.40. The number of hydrogen-bond donors (Lipinski definition) is 0. The lowest BCUT2D eigenvalue weighted by molar-refractivity contribution is 0.314. The van der Waals surface area contributed by atoms with Crippen LogP contribution >= 0.6 is 15.9 Å². The van der Waals surface area contributed by atoms with Gasteiger partial charge in [0.15, 0.2) is 0 Å². The lowest BCUT2D eigenvalue weighted by atomic mass is 10.3. The zero-order valence-electron chi connectivity index (χ0n) is 7.85. The summed E-state index contributed by atoms with van der Waals surface area (Å²) in [6.45, 7) is 0.646. The second-order valence-corrected chi connectivity index (χ2v) is 4.23. The number of pyridine rings is 1. The van der Waals surface area contributed by atoms with E-state index in [1.807, 2.05) is 16.8 Å². The van der Waals surface area contributed by atoms with Gasteiger partial charge in [-0.3, -0.25) is 0 Å². The highest BCUT2D eigenvalue weighted by molar-refractivity contribution is 9.10. The van der Waals surface area contributed by atoms with E-state index in [-0.39, 0.29) is 0 Å². The first-order valence-electron chi connectivity index (χ1n) is 4.66. The van der Waals surface area contributed by atoms with E-state index in [2.05, 4.69) is 26.0 Å². The van der Waals surface area contributed by atoms with Gasteiger partial charge in [-0.15, -0.1) is 0 Å². The number of ether oxygens (including phenoxy) is 1. The molecule has 1 aliphatic heterocycles.